The summed E-state index contributed by atoms with van der Waals surface area (Å²) in [6.45, 7) is 7.86. The zero-order valence-electron chi connectivity index (χ0n) is 8.32. The van der Waals surface area contributed by atoms with Gasteiger partial charge in [0.05, 0.1) is 0 Å². The van der Waals surface area contributed by atoms with E-state index in [1.165, 1.54) is 0 Å². The predicted molar refractivity (Wildman–Crippen MR) is 49.6 cm³/mol. The highest BCUT2D eigenvalue weighted by Gasteiger charge is 2.36. The Morgan fingerprint density at radius 2 is 2.00 bits per heavy atom. The van der Waals surface area contributed by atoms with Crippen molar-refractivity contribution in [2.45, 2.75) is 46.0 Å². The number of hydrogen-bond donors (Lipinski definition) is 1. The van der Waals surface area contributed by atoms with E-state index in [-0.39, 0.29) is 11.5 Å². The van der Waals surface area contributed by atoms with E-state index in [0.717, 1.165) is 6.42 Å². The van der Waals surface area contributed by atoms with Crippen molar-refractivity contribution < 1.29 is 4.39 Å². The molecule has 1 N–H and O–H groups in total. The molecule has 3 unspecified atom stereocenters. The van der Waals surface area contributed by atoms with E-state index >= 15 is 0 Å². The molecule has 0 aromatic carbocycles. The normalized spacial score (nSPS) is 47.9. The Bertz CT molecular complexity index is 198. The van der Waals surface area contributed by atoms with Crippen molar-refractivity contribution in [3.8, 4) is 0 Å². The van der Waals surface area contributed by atoms with Crippen molar-refractivity contribution in [2.24, 2.45) is 5.41 Å². The van der Waals surface area contributed by atoms with Crippen molar-refractivity contribution in [3.05, 3.63) is 12.2 Å². The highest BCUT2D eigenvalue weighted by atomic mass is 19.1. The Labute approximate surface area is 74.0 Å². The molecular formula is C10H18FN. The van der Waals surface area contributed by atoms with Gasteiger partial charge < -0.3 is 0 Å². The van der Waals surface area contributed by atoms with Gasteiger partial charge in [-0.1, -0.05) is 19.9 Å². The maximum Gasteiger partial charge on any atom is 0.177 e. The van der Waals surface area contributed by atoms with Gasteiger partial charge in [0.25, 0.3) is 0 Å². The van der Waals surface area contributed by atoms with Crippen LogP contribution in [0.5, 0.6) is 0 Å². The van der Waals surface area contributed by atoms with Crippen molar-refractivity contribution in [1.82, 2.24) is 5.32 Å². The Morgan fingerprint density at radius 1 is 1.42 bits per heavy atom. The van der Waals surface area contributed by atoms with E-state index in [4.69, 9.17) is 0 Å². The molecule has 0 aromatic heterocycles. The van der Waals surface area contributed by atoms with Crippen LogP contribution in [0.1, 0.15) is 34.1 Å². The van der Waals surface area contributed by atoms with E-state index in [2.05, 4.69) is 19.2 Å². The minimum Gasteiger partial charge on any atom is -0.279 e. The third-order valence-electron chi connectivity index (χ3n) is 3.03. The Hall–Kier alpha value is -0.370. The third-order valence-corrected chi connectivity index (χ3v) is 3.03. The van der Waals surface area contributed by atoms with Crippen LogP contribution in [-0.4, -0.2) is 11.8 Å². The summed E-state index contributed by atoms with van der Waals surface area (Å²) in [7, 11) is 0. The van der Waals surface area contributed by atoms with E-state index in [9.17, 15) is 4.39 Å². The lowest BCUT2D eigenvalue weighted by molar-refractivity contribution is 0.120. The summed E-state index contributed by atoms with van der Waals surface area (Å²) in [5, 5.41) is 2.94. The SMILES string of the molecule is CCC1(C)C=CC(C)(F)NC1C. The highest BCUT2D eigenvalue weighted by Crippen LogP contribution is 2.33. The monoisotopic (exact) mass is 171 g/mol. The average molecular weight is 171 g/mol. The first kappa shape index (κ1) is 9.72. The fourth-order valence-electron chi connectivity index (χ4n) is 1.55. The number of rotatable bonds is 1. The van der Waals surface area contributed by atoms with Crippen LogP contribution in [0, 0.1) is 5.41 Å². The van der Waals surface area contributed by atoms with E-state index < -0.39 is 5.79 Å². The lowest BCUT2D eigenvalue weighted by Crippen LogP contribution is -2.52. The van der Waals surface area contributed by atoms with Crippen LogP contribution in [-0.2, 0) is 0 Å². The molecule has 1 aliphatic heterocycles. The summed E-state index contributed by atoms with van der Waals surface area (Å²) in [5.41, 5.74) is 0.103. The maximum absolute atomic E-state index is 13.4. The quantitative estimate of drug-likeness (QED) is 0.472. The standard InChI is InChI=1S/C10H18FN/c1-5-9(3)6-7-10(4,11)12-8(9)2/h6-8,12H,5H2,1-4H3. The second kappa shape index (κ2) is 2.84. The van der Waals surface area contributed by atoms with Crippen LogP contribution in [0.2, 0.25) is 0 Å². The van der Waals surface area contributed by atoms with E-state index in [0.29, 0.717) is 0 Å². The van der Waals surface area contributed by atoms with Gasteiger partial charge in [-0.2, -0.15) is 0 Å². The molecule has 0 aromatic rings. The Kier molecular flexibility index (Phi) is 2.30. The van der Waals surface area contributed by atoms with Gasteiger partial charge in [-0.3, -0.25) is 5.32 Å². The van der Waals surface area contributed by atoms with E-state index in [1.807, 2.05) is 13.0 Å². The summed E-state index contributed by atoms with van der Waals surface area (Å²) in [6, 6.07) is 0.197. The molecule has 0 aliphatic carbocycles. The van der Waals surface area contributed by atoms with Gasteiger partial charge in [0.1, 0.15) is 0 Å². The molecule has 1 nitrogen and oxygen atoms in total. The zero-order valence-corrected chi connectivity index (χ0v) is 8.32. The molecule has 2 heteroatoms. The molecule has 70 valence electrons. The number of alkyl halides is 1. The summed E-state index contributed by atoms with van der Waals surface area (Å²) in [5.74, 6) is -1.33. The minimum absolute atomic E-state index is 0.103. The highest BCUT2D eigenvalue weighted by molar-refractivity contribution is 5.13. The summed E-state index contributed by atoms with van der Waals surface area (Å²) in [4.78, 5) is 0. The van der Waals surface area contributed by atoms with E-state index in [1.54, 1.807) is 13.0 Å². The van der Waals surface area contributed by atoms with Crippen LogP contribution in [0.15, 0.2) is 12.2 Å². The Morgan fingerprint density at radius 3 is 2.42 bits per heavy atom. The van der Waals surface area contributed by atoms with Gasteiger partial charge in [-0.15, -0.1) is 0 Å². The van der Waals surface area contributed by atoms with Gasteiger partial charge in [0.15, 0.2) is 5.79 Å². The lowest BCUT2D eigenvalue weighted by Gasteiger charge is -2.40. The van der Waals surface area contributed by atoms with Crippen molar-refractivity contribution in [1.29, 1.82) is 0 Å². The molecule has 0 bridgehead atoms. The average Bonchev–Trinajstić information content (AvgIpc) is 1.97. The topological polar surface area (TPSA) is 12.0 Å². The van der Waals surface area contributed by atoms with Gasteiger partial charge >= 0.3 is 0 Å². The van der Waals surface area contributed by atoms with Gasteiger partial charge in [0.2, 0.25) is 0 Å². The molecule has 1 aliphatic rings. The second-order valence-electron chi connectivity index (χ2n) is 4.13. The van der Waals surface area contributed by atoms with Gasteiger partial charge in [-0.25, -0.2) is 4.39 Å². The predicted octanol–water partition coefficient (Wildman–Crippen LogP) is 2.64. The number of hydrogen-bond acceptors (Lipinski definition) is 1. The number of nitrogens with one attached hydrogen (secondary N) is 1. The largest absolute Gasteiger partial charge is 0.279 e. The van der Waals surface area contributed by atoms with Gasteiger partial charge in [0, 0.05) is 11.5 Å². The van der Waals surface area contributed by atoms with Crippen molar-refractivity contribution >= 4 is 0 Å². The first-order chi connectivity index (χ1) is 5.40. The molecule has 0 fully saturated rings. The number of halogens is 1. The molecule has 0 spiro atoms. The molecular weight excluding hydrogens is 153 g/mol. The fraction of sp³-hybridized carbons (Fsp3) is 0.800. The van der Waals surface area contributed by atoms with Gasteiger partial charge in [-0.05, 0) is 26.3 Å². The molecule has 12 heavy (non-hydrogen) atoms. The third kappa shape index (κ3) is 1.69. The molecule has 1 rings (SSSR count). The van der Waals surface area contributed by atoms with Crippen LogP contribution < -0.4 is 5.32 Å². The fourth-order valence-corrected chi connectivity index (χ4v) is 1.55. The Balaban J connectivity index is 2.85. The molecule has 3 atom stereocenters. The van der Waals surface area contributed by atoms with Crippen LogP contribution in [0.25, 0.3) is 0 Å². The molecule has 0 saturated carbocycles. The lowest BCUT2D eigenvalue weighted by atomic mass is 9.77. The van der Waals surface area contributed by atoms with Crippen molar-refractivity contribution in [3.63, 3.8) is 0 Å². The summed E-state index contributed by atoms with van der Waals surface area (Å²) in [6.07, 6.45) is 4.65. The molecule has 0 saturated heterocycles. The molecule has 0 radical (unpaired) electrons. The van der Waals surface area contributed by atoms with Crippen LogP contribution >= 0.6 is 0 Å². The summed E-state index contributed by atoms with van der Waals surface area (Å²) < 4.78 is 13.4. The van der Waals surface area contributed by atoms with Crippen LogP contribution in [0.4, 0.5) is 4.39 Å². The maximum atomic E-state index is 13.4. The first-order valence-electron chi connectivity index (χ1n) is 4.57. The molecule has 0 amide bonds. The van der Waals surface area contributed by atoms with Crippen LogP contribution in [0.3, 0.4) is 0 Å². The zero-order chi connectivity index (χ0) is 9.41. The molecule has 1 heterocycles. The second-order valence-corrected chi connectivity index (χ2v) is 4.13. The minimum atomic E-state index is -1.33. The van der Waals surface area contributed by atoms with Crippen molar-refractivity contribution in [2.75, 3.05) is 0 Å². The first-order valence-corrected chi connectivity index (χ1v) is 4.57. The smallest absolute Gasteiger partial charge is 0.177 e. The summed E-state index contributed by atoms with van der Waals surface area (Å²) >= 11 is 0.